The third-order valence-corrected chi connectivity index (χ3v) is 19.3. The predicted molar refractivity (Wildman–Crippen MR) is 355 cm³/mol. The lowest BCUT2D eigenvalue weighted by Crippen LogP contribution is -2.52. The second-order valence-electron chi connectivity index (χ2n) is 25.6. The molecule has 4 aliphatic carbocycles. The van der Waals surface area contributed by atoms with Crippen molar-refractivity contribution in [2.45, 2.75) is 215 Å². The van der Waals surface area contributed by atoms with E-state index in [2.05, 4.69) is 48.9 Å². The topological polar surface area (TPSA) is 264 Å². The number of pyridine rings is 4. The molecule has 4 aliphatic heterocycles. The molecular weight excluding hydrogens is 1210 g/mol. The van der Waals surface area contributed by atoms with Crippen molar-refractivity contribution in [3.63, 3.8) is 0 Å². The Morgan fingerprint density at radius 3 is 1.43 bits per heavy atom. The number of aliphatic hydroxyl groups is 3. The van der Waals surface area contributed by atoms with E-state index >= 15 is 0 Å². The largest absolute Gasteiger partial charge is 0.478 e. The van der Waals surface area contributed by atoms with Gasteiger partial charge in [0.15, 0.2) is 0 Å². The maximum atomic E-state index is 12.1. The maximum Gasteiger partial charge on any atom is 0.337 e. The number of ether oxygens (including phenoxy) is 3. The SMILES string of the molecule is CC1CCCN1CCCO.CC1CCCN1CCCOc1ccc(C2=NC3(CCCCC3)CO2)cn1.Clc1ccc(C2=NC3(CCCCC3)CO2)cn1.NC1(CO)CCCCC1.O=C(NC1(CO)CCCCC1)c1ccc(Cl)nc1.O=C(O)c1ccc(Cl)nc1. The van der Waals surface area contributed by atoms with Crippen LogP contribution in [0.15, 0.2) is 83.3 Å². The zero-order valence-corrected chi connectivity index (χ0v) is 55.4. The number of aliphatic imine (C=N–C) groups is 2. The van der Waals surface area contributed by atoms with Crippen LogP contribution in [0.4, 0.5) is 0 Å². The highest BCUT2D eigenvalue weighted by Crippen LogP contribution is 2.38. The van der Waals surface area contributed by atoms with Crippen LogP contribution in [0.1, 0.15) is 213 Å². The highest BCUT2D eigenvalue weighted by molar-refractivity contribution is 6.30. The fraction of sp³-hybridized carbons (Fsp3) is 0.647. The number of nitrogens with zero attached hydrogens (tertiary/aromatic N) is 8. The lowest BCUT2D eigenvalue weighted by molar-refractivity contribution is 0.0695. The summed E-state index contributed by atoms with van der Waals surface area (Å²) in [5.41, 5.74) is 7.71. The van der Waals surface area contributed by atoms with Crippen molar-refractivity contribution in [3.8, 4) is 5.88 Å². The second-order valence-corrected chi connectivity index (χ2v) is 26.8. The summed E-state index contributed by atoms with van der Waals surface area (Å²) in [6.07, 6.45) is 36.5. The highest BCUT2D eigenvalue weighted by Gasteiger charge is 2.40. The van der Waals surface area contributed by atoms with Crippen LogP contribution in [0.3, 0.4) is 0 Å². The van der Waals surface area contributed by atoms with Crippen LogP contribution in [0.5, 0.6) is 5.88 Å². The quantitative estimate of drug-likeness (QED) is 0.0477. The van der Waals surface area contributed by atoms with Crippen molar-refractivity contribution in [2.24, 2.45) is 15.7 Å². The summed E-state index contributed by atoms with van der Waals surface area (Å²) >= 11 is 16.9. The number of carboxylic acid groups (broad SMARTS) is 1. The minimum atomic E-state index is -0.996. The number of hydrogen-bond donors (Lipinski definition) is 6. The third kappa shape index (κ3) is 23.2. The molecule has 6 fully saturated rings. The zero-order valence-electron chi connectivity index (χ0n) is 53.2. The van der Waals surface area contributed by atoms with E-state index < -0.39 is 11.5 Å². The molecule has 8 aliphatic rings. The molecule has 2 unspecified atom stereocenters. The van der Waals surface area contributed by atoms with Gasteiger partial charge in [0.2, 0.25) is 17.7 Å². The lowest BCUT2D eigenvalue weighted by atomic mass is 9.82. The van der Waals surface area contributed by atoms with E-state index in [1.54, 1.807) is 24.4 Å². The molecule has 496 valence electrons. The van der Waals surface area contributed by atoms with Crippen molar-refractivity contribution in [1.82, 2.24) is 35.1 Å². The van der Waals surface area contributed by atoms with Gasteiger partial charge in [-0.15, -0.1) is 0 Å². The van der Waals surface area contributed by atoms with Crippen LogP contribution in [-0.4, -0.2) is 174 Å². The van der Waals surface area contributed by atoms with Crippen LogP contribution in [0, 0.1) is 0 Å². The number of hydrogen-bond acceptors (Lipinski definition) is 17. The van der Waals surface area contributed by atoms with Crippen LogP contribution in [-0.2, 0) is 9.47 Å². The van der Waals surface area contributed by atoms with Crippen LogP contribution < -0.4 is 15.8 Å². The van der Waals surface area contributed by atoms with Gasteiger partial charge >= 0.3 is 5.97 Å². The first-order valence-electron chi connectivity index (χ1n) is 33.0. The first-order valence-corrected chi connectivity index (χ1v) is 34.2. The Labute approximate surface area is 548 Å². The predicted octanol–water partition coefficient (Wildman–Crippen LogP) is 12.1. The van der Waals surface area contributed by atoms with Gasteiger partial charge in [-0.05, 0) is 159 Å². The van der Waals surface area contributed by atoms with Gasteiger partial charge in [-0.3, -0.25) is 4.79 Å². The summed E-state index contributed by atoms with van der Waals surface area (Å²) < 4.78 is 17.5. The van der Waals surface area contributed by atoms with Gasteiger partial charge in [-0.1, -0.05) is 112 Å². The molecule has 22 heteroatoms. The van der Waals surface area contributed by atoms with E-state index in [0.717, 1.165) is 145 Å². The molecule has 4 aromatic rings. The molecule has 1 amide bonds. The summed E-state index contributed by atoms with van der Waals surface area (Å²) in [6, 6.07) is 15.2. The molecule has 12 rings (SSSR count). The molecule has 2 atom stereocenters. The normalized spacial score (nSPS) is 21.9. The Bertz CT molecular complexity index is 2810. The number of nitrogens with two attached hydrogens (primary N) is 1. The average molecular weight is 1310 g/mol. The standard InChI is InChI=1S/C21H31N3O2.C13H17ClN2O2.C13H15ClN2O.C8H17NO.C7H15NO.C6H4ClNO2/c1-17-7-5-12-24(17)13-6-14-25-19-9-8-18(15-22-19)20-23-21(16-26-20)10-3-2-4-11-21;14-11-5-4-10(8-15-11)12(18)16-13(9-17)6-2-1-3-7-13;14-11-5-4-10(8-15-11)12-16-13(9-17-12)6-2-1-3-7-13;1-8-4-2-5-9(8)6-3-7-10;8-7(6-9)4-2-1-3-5-7;7-5-2-1-4(3-8-5)6(9)10/h8-9,15,17H,2-7,10-14,16H2,1H3;4-5,8,17H,1-3,6-7,9H2,(H,16,18);4-5,8H,1-3,6-7,9H2;8,10H,2-7H2,1H3;9H,1-6,8H2;1-3H,(H,9,10). The number of carboxylic acids is 1. The van der Waals surface area contributed by atoms with E-state index in [0.29, 0.717) is 33.5 Å². The molecule has 4 aromatic heterocycles. The van der Waals surface area contributed by atoms with Gasteiger partial charge in [0.25, 0.3) is 5.91 Å². The Balaban J connectivity index is 0.000000161. The number of rotatable bonds is 15. The number of carbonyl (C=O) groups excluding carboxylic acids is 1. The monoisotopic (exact) mass is 1300 g/mol. The Kier molecular flexibility index (Phi) is 29.7. The Morgan fingerprint density at radius 1 is 0.578 bits per heavy atom. The molecule has 19 nitrogen and oxygen atoms in total. The molecule has 0 bridgehead atoms. The molecule has 0 radical (unpaired) electrons. The van der Waals surface area contributed by atoms with Crippen LogP contribution >= 0.6 is 34.8 Å². The summed E-state index contributed by atoms with van der Waals surface area (Å²) in [7, 11) is 0. The highest BCUT2D eigenvalue weighted by atomic mass is 35.5. The minimum absolute atomic E-state index is 0.0141. The van der Waals surface area contributed by atoms with E-state index in [-0.39, 0.29) is 41.3 Å². The first-order chi connectivity index (χ1) is 43.5. The molecule has 0 aromatic carbocycles. The summed E-state index contributed by atoms with van der Waals surface area (Å²) in [5.74, 6) is 0.985. The number of carbonyl (C=O) groups is 2. The van der Waals surface area contributed by atoms with Gasteiger partial charge in [-0.2, -0.15) is 0 Å². The van der Waals surface area contributed by atoms with Crippen LogP contribution in [0.25, 0.3) is 0 Å². The van der Waals surface area contributed by atoms with Crippen molar-refractivity contribution in [1.29, 1.82) is 0 Å². The van der Waals surface area contributed by atoms with Gasteiger partial charge in [0.05, 0.1) is 58.7 Å². The molecule has 8 heterocycles. The van der Waals surface area contributed by atoms with Crippen LogP contribution in [0.2, 0.25) is 15.5 Å². The van der Waals surface area contributed by atoms with Crippen molar-refractivity contribution < 1.29 is 44.2 Å². The molecule has 2 spiro atoms. The van der Waals surface area contributed by atoms with Gasteiger partial charge in [0.1, 0.15) is 28.7 Å². The Hall–Kier alpha value is -5.09. The average Bonchev–Trinajstić information content (AvgIpc) is 2.75. The molecular formula is C68H99Cl3N10O9. The third-order valence-electron chi connectivity index (χ3n) is 18.6. The number of likely N-dealkylation sites (tertiary alicyclic amines) is 2. The van der Waals surface area contributed by atoms with E-state index in [1.807, 2.05) is 24.4 Å². The first kappa shape index (κ1) is 72.3. The number of aliphatic hydroxyl groups excluding tert-OH is 3. The molecule has 90 heavy (non-hydrogen) atoms. The minimum Gasteiger partial charge on any atom is -0.478 e. The van der Waals surface area contributed by atoms with Crippen molar-refractivity contribution in [3.05, 3.63) is 111 Å². The van der Waals surface area contributed by atoms with Gasteiger partial charge < -0.3 is 55.5 Å². The number of amides is 1. The Morgan fingerprint density at radius 2 is 1.03 bits per heavy atom. The molecule has 4 saturated carbocycles. The summed E-state index contributed by atoms with van der Waals surface area (Å²) in [6.45, 7) is 11.9. The van der Waals surface area contributed by atoms with E-state index in [1.165, 1.54) is 128 Å². The smallest absolute Gasteiger partial charge is 0.337 e. The van der Waals surface area contributed by atoms with Gasteiger partial charge in [-0.25, -0.2) is 34.7 Å². The maximum absolute atomic E-state index is 12.1. The number of aromatic nitrogens is 4. The molecule has 7 N–H and O–H groups in total. The fourth-order valence-electron chi connectivity index (χ4n) is 12.9. The van der Waals surface area contributed by atoms with Gasteiger partial charge in [0, 0.05) is 68.2 Å². The fourth-order valence-corrected chi connectivity index (χ4v) is 13.3. The number of aromatic carboxylic acids is 1. The number of halogens is 3. The second kappa shape index (κ2) is 37.0. The van der Waals surface area contributed by atoms with E-state index in [4.69, 9.17) is 80.1 Å². The van der Waals surface area contributed by atoms with E-state index in [9.17, 15) is 14.7 Å². The van der Waals surface area contributed by atoms with Crippen molar-refractivity contribution >= 4 is 58.5 Å². The number of nitrogens with one attached hydrogen (secondary N) is 1. The zero-order chi connectivity index (χ0) is 64.2. The molecule has 2 saturated heterocycles. The summed E-state index contributed by atoms with van der Waals surface area (Å²) in [5, 5.41) is 39.4. The lowest BCUT2D eigenvalue weighted by Gasteiger charge is -2.36. The van der Waals surface area contributed by atoms with Crippen molar-refractivity contribution in [2.75, 3.05) is 65.8 Å². The summed E-state index contributed by atoms with van der Waals surface area (Å²) in [4.78, 5) is 53.0.